The van der Waals surface area contributed by atoms with Crippen LogP contribution in [0.3, 0.4) is 0 Å². The Balaban J connectivity index is 1.53. The number of rotatable bonds is 6. The van der Waals surface area contributed by atoms with Gasteiger partial charge in [-0.05, 0) is 37.9 Å². The standard InChI is InChI=1S/C21H25ClFN5O2S2/c1-24-14-5-4-9-28(13-14)19-7-3-2-6-17(19)26-18-12-16(23)20(11-15(18)22)32(29,30)27-21-25-8-10-31-21/h8,10-12,14,17,19,26H,2-7,9,13H2,(H,25,27)/t14-,17+,19+/m1/s1. The molecule has 1 saturated heterocycles. The molecule has 1 aliphatic carbocycles. The normalized spacial score (nSPS) is 24.6. The highest BCUT2D eigenvalue weighted by molar-refractivity contribution is 7.93. The third-order valence-electron chi connectivity index (χ3n) is 6.11. The van der Waals surface area contributed by atoms with Crippen LogP contribution in [0.2, 0.25) is 5.02 Å². The second kappa shape index (κ2) is 9.91. The summed E-state index contributed by atoms with van der Waals surface area (Å²) in [5.74, 6) is -0.876. The summed E-state index contributed by atoms with van der Waals surface area (Å²) in [7, 11) is -4.15. The average Bonchev–Trinajstić information content (AvgIpc) is 3.28. The Bertz CT molecular complexity index is 1090. The van der Waals surface area contributed by atoms with E-state index in [1.165, 1.54) is 6.20 Å². The van der Waals surface area contributed by atoms with Crippen LogP contribution in [0.4, 0.5) is 15.2 Å². The van der Waals surface area contributed by atoms with Gasteiger partial charge in [0.15, 0.2) is 5.13 Å². The van der Waals surface area contributed by atoms with Gasteiger partial charge in [0.2, 0.25) is 6.04 Å². The van der Waals surface area contributed by atoms with E-state index >= 15 is 0 Å². The lowest BCUT2D eigenvalue weighted by Gasteiger charge is -2.42. The van der Waals surface area contributed by atoms with E-state index in [1.807, 2.05) is 0 Å². The SMILES string of the molecule is [C-]#[N+][C@@H]1CCCN([C@H]2CCCC[C@@H]2Nc2cc(F)c(S(=O)(=O)Nc3nccs3)cc2Cl)C1. The smallest absolute Gasteiger partial charge is 0.266 e. The summed E-state index contributed by atoms with van der Waals surface area (Å²) in [5, 5.41) is 5.31. The fourth-order valence-electron chi connectivity index (χ4n) is 4.60. The van der Waals surface area contributed by atoms with Gasteiger partial charge in [0, 0.05) is 30.1 Å². The molecule has 7 nitrogen and oxygen atoms in total. The van der Waals surface area contributed by atoms with Crippen LogP contribution < -0.4 is 10.0 Å². The molecule has 0 bridgehead atoms. The Morgan fingerprint density at radius 1 is 1.25 bits per heavy atom. The lowest BCUT2D eigenvalue weighted by Crippen LogP contribution is -2.52. The van der Waals surface area contributed by atoms with Gasteiger partial charge in [0.1, 0.15) is 10.7 Å². The first-order valence-electron chi connectivity index (χ1n) is 10.7. The van der Waals surface area contributed by atoms with Crippen LogP contribution in [-0.4, -0.2) is 49.5 Å². The first kappa shape index (κ1) is 23.2. The van der Waals surface area contributed by atoms with Crippen molar-refractivity contribution in [2.45, 2.75) is 61.5 Å². The molecule has 2 aromatic rings. The summed E-state index contributed by atoms with van der Waals surface area (Å²) in [5.41, 5.74) is 0.382. The average molecular weight is 498 g/mol. The Morgan fingerprint density at radius 2 is 2.06 bits per heavy atom. The number of sulfonamides is 1. The number of benzene rings is 1. The van der Waals surface area contributed by atoms with Crippen LogP contribution in [0.15, 0.2) is 28.6 Å². The van der Waals surface area contributed by atoms with Crippen LogP contribution >= 0.6 is 22.9 Å². The lowest BCUT2D eigenvalue weighted by atomic mass is 9.87. The van der Waals surface area contributed by atoms with Gasteiger partial charge in [0.25, 0.3) is 10.0 Å². The molecule has 11 heteroatoms. The molecule has 1 aromatic heterocycles. The summed E-state index contributed by atoms with van der Waals surface area (Å²) in [6.45, 7) is 9.09. The van der Waals surface area contributed by atoms with Gasteiger partial charge in [-0.3, -0.25) is 9.62 Å². The van der Waals surface area contributed by atoms with E-state index < -0.39 is 20.7 Å². The minimum absolute atomic E-state index is 0.0298. The molecule has 4 rings (SSSR count). The highest BCUT2D eigenvalue weighted by Gasteiger charge is 2.35. The van der Waals surface area contributed by atoms with Crippen molar-refractivity contribution < 1.29 is 12.8 Å². The minimum Gasteiger partial charge on any atom is -0.379 e. The second-order valence-corrected chi connectivity index (χ2v) is 11.2. The maximum Gasteiger partial charge on any atom is 0.266 e. The number of hydrogen-bond acceptors (Lipinski definition) is 6. The van der Waals surface area contributed by atoms with E-state index in [-0.39, 0.29) is 28.3 Å². The molecule has 0 radical (unpaired) electrons. The van der Waals surface area contributed by atoms with E-state index in [0.717, 1.165) is 75.1 Å². The van der Waals surface area contributed by atoms with Crippen molar-refractivity contribution in [1.29, 1.82) is 0 Å². The number of thiazole rings is 1. The number of hydrogen-bond donors (Lipinski definition) is 2. The summed E-state index contributed by atoms with van der Waals surface area (Å²) in [6, 6.07) is 2.62. The first-order chi connectivity index (χ1) is 15.4. The summed E-state index contributed by atoms with van der Waals surface area (Å²) < 4.78 is 42.3. The van der Waals surface area contributed by atoms with Crippen molar-refractivity contribution in [3.63, 3.8) is 0 Å². The number of piperidine rings is 1. The molecule has 0 unspecified atom stereocenters. The van der Waals surface area contributed by atoms with Gasteiger partial charge in [-0.15, -0.1) is 11.3 Å². The monoisotopic (exact) mass is 497 g/mol. The van der Waals surface area contributed by atoms with Crippen LogP contribution in [0, 0.1) is 12.4 Å². The van der Waals surface area contributed by atoms with E-state index in [9.17, 15) is 12.8 Å². The van der Waals surface area contributed by atoms with Gasteiger partial charge in [-0.2, -0.15) is 0 Å². The zero-order chi connectivity index (χ0) is 22.7. The fourth-order valence-corrected chi connectivity index (χ4v) is 6.75. The predicted octanol–water partition coefficient (Wildman–Crippen LogP) is 4.84. The molecular formula is C21H25ClFN5O2S2. The van der Waals surface area contributed by atoms with Gasteiger partial charge in [0.05, 0.1) is 17.3 Å². The van der Waals surface area contributed by atoms with Crippen molar-refractivity contribution in [3.05, 3.63) is 46.0 Å². The van der Waals surface area contributed by atoms with Gasteiger partial charge in [-0.1, -0.05) is 24.4 Å². The largest absolute Gasteiger partial charge is 0.379 e. The molecule has 2 fully saturated rings. The molecule has 2 N–H and O–H groups in total. The quantitative estimate of drug-likeness (QED) is 0.558. The molecule has 1 aliphatic heterocycles. The Morgan fingerprint density at radius 3 is 2.81 bits per heavy atom. The predicted molar refractivity (Wildman–Crippen MR) is 125 cm³/mol. The van der Waals surface area contributed by atoms with Crippen molar-refractivity contribution in [2.75, 3.05) is 23.1 Å². The first-order valence-corrected chi connectivity index (χ1v) is 13.4. The number of aromatic nitrogens is 1. The Kier molecular flexibility index (Phi) is 7.20. The lowest BCUT2D eigenvalue weighted by molar-refractivity contribution is 0.117. The molecule has 2 heterocycles. The van der Waals surface area contributed by atoms with Crippen molar-refractivity contribution >= 4 is 43.8 Å². The van der Waals surface area contributed by atoms with Gasteiger partial charge < -0.3 is 10.2 Å². The maximum atomic E-state index is 14.9. The van der Waals surface area contributed by atoms with Crippen molar-refractivity contribution in [1.82, 2.24) is 9.88 Å². The highest BCUT2D eigenvalue weighted by atomic mass is 35.5. The van der Waals surface area contributed by atoms with E-state index in [0.29, 0.717) is 5.69 Å². The zero-order valence-electron chi connectivity index (χ0n) is 17.4. The van der Waals surface area contributed by atoms with Crippen molar-refractivity contribution in [3.8, 4) is 0 Å². The Labute approximate surface area is 196 Å². The molecular weight excluding hydrogens is 473 g/mol. The fraction of sp³-hybridized carbons (Fsp3) is 0.524. The number of nitrogens with one attached hydrogen (secondary N) is 2. The van der Waals surface area contributed by atoms with Gasteiger partial charge >= 0.3 is 0 Å². The van der Waals surface area contributed by atoms with Crippen LogP contribution in [0.1, 0.15) is 38.5 Å². The van der Waals surface area contributed by atoms with E-state index in [2.05, 4.69) is 24.8 Å². The molecule has 0 spiro atoms. The molecule has 1 aromatic carbocycles. The van der Waals surface area contributed by atoms with Crippen LogP contribution in [0.5, 0.6) is 0 Å². The van der Waals surface area contributed by atoms with Crippen LogP contribution in [-0.2, 0) is 10.0 Å². The summed E-state index contributed by atoms with van der Waals surface area (Å²) in [4.78, 5) is 9.48. The number of nitrogens with zero attached hydrogens (tertiary/aromatic N) is 3. The molecule has 0 amide bonds. The molecule has 32 heavy (non-hydrogen) atoms. The van der Waals surface area contributed by atoms with Gasteiger partial charge in [-0.25, -0.2) is 24.4 Å². The minimum atomic E-state index is -4.15. The molecule has 1 saturated carbocycles. The maximum absolute atomic E-state index is 14.9. The Hall–Kier alpha value is -1.93. The molecule has 3 atom stereocenters. The topological polar surface area (TPSA) is 78.7 Å². The number of likely N-dealkylation sites (tertiary alicyclic amines) is 1. The molecule has 172 valence electrons. The third kappa shape index (κ3) is 5.17. The van der Waals surface area contributed by atoms with Crippen LogP contribution in [0.25, 0.3) is 4.85 Å². The second-order valence-electron chi connectivity index (χ2n) is 8.23. The van der Waals surface area contributed by atoms with E-state index in [4.69, 9.17) is 18.2 Å². The summed E-state index contributed by atoms with van der Waals surface area (Å²) >= 11 is 7.50. The molecule has 2 aliphatic rings. The highest BCUT2D eigenvalue weighted by Crippen LogP contribution is 2.34. The summed E-state index contributed by atoms with van der Waals surface area (Å²) in [6.07, 6.45) is 7.49. The number of anilines is 2. The van der Waals surface area contributed by atoms with E-state index in [1.54, 1.807) is 5.38 Å². The third-order valence-corrected chi connectivity index (χ3v) is 8.60. The van der Waals surface area contributed by atoms with Crippen molar-refractivity contribution in [2.24, 2.45) is 0 Å². The number of halogens is 2. The zero-order valence-corrected chi connectivity index (χ0v) is 19.8.